The zero-order valence-electron chi connectivity index (χ0n) is 14.9. The van der Waals surface area contributed by atoms with E-state index in [1.807, 2.05) is 0 Å². The van der Waals surface area contributed by atoms with Crippen LogP contribution in [-0.2, 0) is 0 Å². The first kappa shape index (κ1) is 18.0. The minimum Gasteiger partial charge on any atom is -0.319 e. The van der Waals surface area contributed by atoms with Crippen molar-refractivity contribution in [2.75, 3.05) is 33.2 Å². The largest absolute Gasteiger partial charge is 0.319 e. The van der Waals surface area contributed by atoms with Gasteiger partial charge in [-0.3, -0.25) is 0 Å². The molecular weight excluding hydrogens is 244 g/mol. The molecule has 1 aliphatic rings. The molecule has 120 valence electrons. The molecule has 2 atom stereocenters. The maximum Gasteiger partial charge on any atom is 0.00475 e. The van der Waals surface area contributed by atoms with E-state index in [2.05, 4.69) is 51.9 Å². The second kappa shape index (κ2) is 7.79. The molecule has 0 radical (unpaired) electrons. The summed E-state index contributed by atoms with van der Waals surface area (Å²) in [4.78, 5) is 2.73. The lowest BCUT2D eigenvalue weighted by atomic mass is 9.77. The third kappa shape index (κ3) is 5.73. The van der Waals surface area contributed by atoms with Crippen LogP contribution >= 0.6 is 0 Å². The summed E-state index contributed by atoms with van der Waals surface area (Å²) in [5, 5.41) is 3.40. The molecule has 2 heteroatoms. The van der Waals surface area contributed by atoms with Gasteiger partial charge in [-0.05, 0) is 62.6 Å². The Kier molecular flexibility index (Phi) is 7.00. The van der Waals surface area contributed by atoms with Crippen molar-refractivity contribution in [3.63, 3.8) is 0 Å². The summed E-state index contributed by atoms with van der Waals surface area (Å²) in [6.45, 7) is 17.0. The molecule has 1 saturated heterocycles. The van der Waals surface area contributed by atoms with Gasteiger partial charge in [-0.1, -0.05) is 41.0 Å². The molecule has 0 aromatic carbocycles. The van der Waals surface area contributed by atoms with E-state index in [1.54, 1.807) is 0 Å². The summed E-state index contributed by atoms with van der Waals surface area (Å²) in [6.07, 6.45) is 6.79. The quantitative estimate of drug-likeness (QED) is 0.787. The minimum absolute atomic E-state index is 0.436. The zero-order chi connectivity index (χ0) is 15.2. The van der Waals surface area contributed by atoms with E-state index >= 15 is 0 Å². The smallest absolute Gasteiger partial charge is 0.00475 e. The molecule has 0 aromatic heterocycles. The third-order valence-electron chi connectivity index (χ3n) is 5.11. The molecule has 0 aromatic rings. The Bertz CT molecular complexity index is 261. The average molecular weight is 283 g/mol. The van der Waals surface area contributed by atoms with E-state index in [-0.39, 0.29) is 0 Å². The highest BCUT2D eigenvalue weighted by Gasteiger charge is 2.30. The molecule has 1 rings (SSSR count). The van der Waals surface area contributed by atoms with Gasteiger partial charge < -0.3 is 10.2 Å². The Morgan fingerprint density at radius 2 is 1.80 bits per heavy atom. The van der Waals surface area contributed by atoms with Crippen LogP contribution in [0.5, 0.6) is 0 Å². The first-order chi connectivity index (χ1) is 9.30. The number of nitrogens with one attached hydrogen (secondary N) is 1. The fraction of sp³-hybridized carbons (Fsp3) is 1.00. The standard InChI is InChI=1S/C18H38N2/c1-7-11-18(5,14-19-6)15-20-12-8-9-16(10-13-20)17(2,3)4/h16,19H,7-15H2,1-6H3. The van der Waals surface area contributed by atoms with E-state index in [4.69, 9.17) is 0 Å². The van der Waals surface area contributed by atoms with Crippen molar-refractivity contribution >= 4 is 0 Å². The number of hydrogen-bond acceptors (Lipinski definition) is 2. The monoisotopic (exact) mass is 282 g/mol. The van der Waals surface area contributed by atoms with Crippen LogP contribution in [0.1, 0.15) is 66.7 Å². The summed E-state index contributed by atoms with van der Waals surface area (Å²) in [6, 6.07) is 0. The molecule has 2 nitrogen and oxygen atoms in total. The summed E-state index contributed by atoms with van der Waals surface area (Å²) in [5.41, 5.74) is 0.915. The van der Waals surface area contributed by atoms with Crippen molar-refractivity contribution in [3.8, 4) is 0 Å². The average Bonchev–Trinajstić information content (AvgIpc) is 2.54. The van der Waals surface area contributed by atoms with Gasteiger partial charge in [0.15, 0.2) is 0 Å². The van der Waals surface area contributed by atoms with Crippen molar-refractivity contribution < 1.29 is 0 Å². The van der Waals surface area contributed by atoms with E-state index in [0.717, 1.165) is 12.5 Å². The van der Waals surface area contributed by atoms with E-state index in [9.17, 15) is 0 Å². The van der Waals surface area contributed by atoms with Gasteiger partial charge >= 0.3 is 0 Å². The van der Waals surface area contributed by atoms with E-state index in [1.165, 1.54) is 51.7 Å². The second-order valence-electron chi connectivity index (χ2n) is 8.36. The van der Waals surface area contributed by atoms with Crippen LogP contribution in [0.4, 0.5) is 0 Å². The molecule has 20 heavy (non-hydrogen) atoms. The normalized spacial score (nSPS) is 25.2. The highest BCUT2D eigenvalue weighted by Crippen LogP contribution is 2.35. The lowest BCUT2D eigenvalue weighted by molar-refractivity contribution is 0.148. The fourth-order valence-electron chi connectivity index (χ4n) is 3.97. The lowest BCUT2D eigenvalue weighted by Gasteiger charge is -2.35. The predicted molar refractivity (Wildman–Crippen MR) is 90.2 cm³/mol. The minimum atomic E-state index is 0.436. The molecule has 0 spiro atoms. The van der Waals surface area contributed by atoms with Crippen molar-refractivity contribution in [3.05, 3.63) is 0 Å². The maximum absolute atomic E-state index is 3.40. The topological polar surface area (TPSA) is 15.3 Å². The van der Waals surface area contributed by atoms with Crippen LogP contribution in [0.25, 0.3) is 0 Å². The molecule has 0 saturated carbocycles. The van der Waals surface area contributed by atoms with Gasteiger partial charge in [-0.15, -0.1) is 0 Å². The first-order valence-corrected chi connectivity index (χ1v) is 8.68. The van der Waals surface area contributed by atoms with Gasteiger partial charge in [0.2, 0.25) is 0 Å². The number of likely N-dealkylation sites (tertiary alicyclic amines) is 1. The van der Waals surface area contributed by atoms with Crippen LogP contribution in [0.3, 0.4) is 0 Å². The molecule has 0 aliphatic carbocycles. The maximum atomic E-state index is 3.40. The SMILES string of the molecule is CCCC(C)(CNC)CN1CCCC(C(C)(C)C)CC1. The van der Waals surface area contributed by atoms with Gasteiger partial charge in [-0.2, -0.15) is 0 Å². The van der Waals surface area contributed by atoms with Gasteiger partial charge in [0.25, 0.3) is 0 Å². The van der Waals surface area contributed by atoms with Crippen LogP contribution in [0.2, 0.25) is 0 Å². The number of nitrogens with zero attached hydrogens (tertiary/aromatic N) is 1. The molecule has 1 aliphatic heterocycles. The van der Waals surface area contributed by atoms with Crippen molar-refractivity contribution in [1.82, 2.24) is 10.2 Å². The van der Waals surface area contributed by atoms with Gasteiger partial charge in [0.1, 0.15) is 0 Å². The van der Waals surface area contributed by atoms with E-state index < -0.39 is 0 Å². The highest BCUT2D eigenvalue weighted by atomic mass is 15.1. The van der Waals surface area contributed by atoms with E-state index in [0.29, 0.717) is 10.8 Å². The van der Waals surface area contributed by atoms with Crippen molar-refractivity contribution in [2.45, 2.75) is 66.7 Å². The van der Waals surface area contributed by atoms with Crippen LogP contribution in [0, 0.1) is 16.7 Å². The number of hydrogen-bond donors (Lipinski definition) is 1. The van der Waals surface area contributed by atoms with Gasteiger partial charge in [-0.25, -0.2) is 0 Å². The third-order valence-corrected chi connectivity index (χ3v) is 5.11. The fourth-order valence-corrected chi connectivity index (χ4v) is 3.97. The Balaban J connectivity index is 2.56. The Morgan fingerprint density at radius 3 is 2.35 bits per heavy atom. The molecule has 1 fully saturated rings. The summed E-state index contributed by atoms with van der Waals surface area (Å²) in [5.74, 6) is 0.897. The van der Waals surface area contributed by atoms with Crippen LogP contribution in [0.15, 0.2) is 0 Å². The number of rotatable bonds is 6. The second-order valence-corrected chi connectivity index (χ2v) is 8.36. The summed E-state index contributed by atoms with van der Waals surface area (Å²) in [7, 11) is 2.09. The van der Waals surface area contributed by atoms with Crippen LogP contribution < -0.4 is 5.32 Å². The highest BCUT2D eigenvalue weighted by molar-refractivity contribution is 4.84. The first-order valence-electron chi connectivity index (χ1n) is 8.68. The molecular formula is C18H38N2. The van der Waals surface area contributed by atoms with Crippen molar-refractivity contribution in [1.29, 1.82) is 0 Å². The molecule has 1 heterocycles. The molecule has 1 N–H and O–H groups in total. The van der Waals surface area contributed by atoms with Crippen molar-refractivity contribution in [2.24, 2.45) is 16.7 Å². The summed E-state index contributed by atoms with van der Waals surface area (Å²) >= 11 is 0. The molecule has 0 amide bonds. The van der Waals surface area contributed by atoms with Gasteiger partial charge in [0.05, 0.1) is 0 Å². The summed E-state index contributed by atoms with van der Waals surface area (Å²) < 4.78 is 0. The Morgan fingerprint density at radius 1 is 1.10 bits per heavy atom. The molecule has 2 unspecified atom stereocenters. The van der Waals surface area contributed by atoms with Gasteiger partial charge in [0, 0.05) is 13.1 Å². The lowest BCUT2D eigenvalue weighted by Crippen LogP contribution is -2.42. The Hall–Kier alpha value is -0.0800. The van der Waals surface area contributed by atoms with Crippen LogP contribution in [-0.4, -0.2) is 38.1 Å². The Labute approximate surface area is 127 Å². The zero-order valence-corrected chi connectivity index (χ0v) is 14.9. The molecule has 0 bridgehead atoms. The predicted octanol–water partition coefficient (Wildman–Crippen LogP) is 4.16.